The van der Waals surface area contributed by atoms with Crippen LogP contribution in [0.1, 0.15) is 87.9 Å². The first-order chi connectivity index (χ1) is 18.0. The number of aliphatic hydroxyl groups excluding tert-OH is 2. The number of nitrogens with zero attached hydrogens (tertiary/aromatic N) is 1. The van der Waals surface area contributed by atoms with Gasteiger partial charge in [-0.05, 0) is 49.1 Å². The number of morpholine rings is 1. The van der Waals surface area contributed by atoms with E-state index < -0.39 is 12.2 Å². The average Bonchev–Trinajstić information content (AvgIpc) is 3.19. The molecule has 1 unspecified atom stereocenters. The molecule has 208 valence electrons. The van der Waals surface area contributed by atoms with E-state index in [1.165, 1.54) is 0 Å². The maximum absolute atomic E-state index is 12.0. The van der Waals surface area contributed by atoms with Gasteiger partial charge >= 0.3 is 5.97 Å². The normalized spacial score (nSPS) is 25.5. The highest BCUT2D eigenvalue weighted by molar-refractivity contribution is 6.21. The monoisotopic (exact) mass is 535 g/mol. The van der Waals surface area contributed by atoms with E-state index in [0.717, 1.165) is 88.9 Å². The van der Waals surface area contributed by atoms with Crippen LogP contribution in [0.25, 0.3) is 0 Å². The second-order valence-electron chi connectivity index (χ2n) is 10.5. The van der Waals surface area contributed by atoms with Crippen LogP contribution in [-0.4, -0.2) is 72.0 Å². The Labute approximate surface area is 228 Å². The maximum Gasteiger partial charge on any atom is 0.305 e. The molecule has 0 aromatic heterocycles. The molecule has 1 aliphatic carbocycles. The van der Waals surface area contributed by atoms with Crippen LogP contribution >= 0.6 is 11.6 Å². The summed E-state index contributed by atoms with van der Waals surface area (Å²) in [5, 5.41) is 21.3. The van der Waals surface area contributed by atoms with Crippen LogP contribution in [0.2, 0.25) is 0 Å². The molecule has 2 fully saturated rings. The fourth-order valence-electron chi connectivity index (χ4n) is 5.47. The first kappa shape index (κ1) is 30.1. The van der Waals surface area contributed by atoms with Gasteiger partial charge in [-0.15, -0.1) is 11.6 Å². The summed E-state index contributed by atoms with van der Waals surface area (Å²) in [6, 6.07) is 8.06. The predicted octanol–water partition coefficient (Wildman–Crippen LogP) is 5.36. The molecule has 1 heterocycles. The molecule has 2 N–H and O–H groups in total. The van der Waals surface area contributed by atoms with Gasteiger partial charge in [0, 0.05) is 37.4 Å². The van der Waals surface area contributed by atoms with Crippen LogP contribution in [-0.2, 0) is 14.3 Å². The molecule has 7 heteroatoms. The number of alkyl halides is 1. The molecule has 1 aromatic carbocycles. The lowest BCUT2D eigenvalue weighted by atomic mass is 9.84. The van der Waals surface area contributed by atoms with Crippen LogP contribution in [0.3, 0.4) is 0 Å². The number of unbranched alkanes of at least 4 members (excludes halogenated alkanes) is 3. The van der Waals surface area contributed by atoms with Crippen molar-refractivity contribution in [1.29, 1.82) is 0 Å². The minimum absolute atomic E-state index is 0.0450. The van der Waals surface area contributed by atoms with Crippen molar-refractivity contribution in [2.45, 2.75) is 88.2 Å². The molecule has 1 saturated carbocycles. The molecule has 37 heavy (non-hydrogen) atoms. The Bertz CT molecular complexity index is 828. The first-order valence-corrected chi connectivity index (χ1v) is 14.6. The number of aliphatic hydroxyl groups is 2. The molecule has 1 aromatic rings. The molecule has 6 nitrogen and oxygen atoms in total. The largest absolute Gasteiger partial charge is 0.464 e. The topological polar surface area (TPSA) is 79.2 Å². The number of ether oxygens (including phenoxy) is 2. The molecule has 0 bridgehead atoms. The van der Waals surface area contributed by atoms with E-state index in [9.17, 15) is 15.0 Å². The molecule has 1 saturated heterocycles. The Hall–Kier alpha value is -1.44. The van der Waals surface area contributed by atoms with E-state index in [-0.39, 0.29) is 23.2 Å². The van der Waals surface area contributed by atoms with E-state index in [4.69, 9.17) is 21.1 Å². The summed E-state index contributed by atoms with van der Waals surface area (Å²) >= 11 is 6.68. The number of benzene rings is 1. The summed E-state index contributed by atoms with van der Waals surface area (Å²) in [6.07, 6.45) is 10.7. The Morgan fingerprint density at radius 3 is 2.84 bits per heavy atom. The van der Waals surface area contributed by atoms with Gasteiger partial charge in [-0.3, -0.25) is 9.69 Å². The zero-order chi connectivity index (χ0) is 26.5. The third kappa shape index (κ3) is 9.99. The smallest absolute Gasteiger partial charge is 0.305 e. The van der Waals surface area contributed by atoms with Crippen molar-refractivity contribution in [3.05, 3.63) is 47.5 Å². The molecule has 2 aliphatic rings. The van der Waals surface area contributed by atoms with Gasteiger partial charge in [-0.2, -0.15) is 0 Å². The van der Waals surface area contributed by atoms with Crippen molar-refractivity contribution in [3.63, 3.8) is 0 Å². The van der Waals surface area contributed by atoms with Gasteiger partial charge in [-0.25, -0.2) is 0 Å². The molecule has 1 aliphatic heterocycles. The van der Waals surface area contributed by atoms with Crippen molar-refractivity contribution in [2.24, 2.45) is 5.92 Å². The van der Waals surface area contributed by atoms with Gasteiger partial charge in [0.2, 0.25) is 0 Å². The van der Waals surface area contributed by atoms with Crippen LogP contribution in [0.15, 0.2) is 36.4 Å². The molecular formula is C30H46ClNO5. The second kappa shape index (κ2) is 16.5. The van der Waals surface area contributed by atoms with Crippen LogP contribution in [0, 0.1) is 5.92 Å². The van der Waals surface area contributed by atoms with Gasteiger partial charge in [0.05, 0.1) is 25.4 Å². The fourth-order valence-corrected chi connectivity index (χ4v) is 5.92. The maximum atomic E-state index is 12.0. The zero-order valence-corrected chi connectivity index (χ0v) is 23.2. The lowest BCUT2D eigenvalue weighted by Gasteiger charge is -2.26. The molecule has 3 rings (SSSR count). The number of rotatable bonds is 15. The predicted molar refractivity (Wildman–Crippen MR) is 148 cm³/mol. The van der Waals surface area contributed by atoms with Gasteiger partial charge in [0.25, 0.3) is 0 Å². The van der Waals surface area contributed by atoms with Crippen molar-refractivity contribution in [1.82, 2.24) is 4.90 Å². The summed E-state index contributed by atoms with van der Waals surface area (Å²) in [4.78, 5) is 14.3. The van der Waals surface area contributed by atoms with Gasteiger partial charge in [-0.1, -0.05) is 62.6 Å². The molecule has 0 spiro atoms. The van der Waals surface area contributed by atoms with E-state index in [0.29, 0.717) is 19.4 Å². The van der Waals surface area contributed by atoms with E-state index in [1.54, 1.807) is 0 Å². The average molecular weight is 536 g/mol. The van der Waals surface area contributed by atoms with Gasteiger partial charge < -0.3 is 19.7 Å². The Morgan fingerprint density at radius 1 is 1.24 bits per heavy atom. The molecule has 5 atom stereocenters. The minimum Gasteiger partial charge on any atom is -0.464 e. The van der Waals surface area contributed by atoms with E-state index in [2.05, 4.69) is 30.0 Å². The minimum atomic E-state index is -0.486. The van der Waals surface area contributed by atoms with Crippen molar-refractivity contribution >= 4 is 17.6 Å². The lowest BCUT2D eigenvalue weighted by molar-refractivity contribution is -0.144. The highest BCUT2D eigenvalue weighted by Crippen LogP contribution is 2.45. The highest BCUT2D eigenvalue weighted by Gasteiger charge is 2.41. The van der Waals surface area contributed by atoms with Crippen LogP contribution in [0.5, 0.6) is 0 Å². The standard InChI is InChI=1S/C30H46ClNO5/c1-2-3-6-13-27(33)23-10-9-11-24(21-23)30-25(26(31)22-28(30)34)12-7-4-5-8-14-29(35)37-20-17-32-15-18-36-19-16-32/h4,7,9-11,21,25-28,30,33-34H,2-3,5-6,8,12-20,22H2,1H3/b7-4-/t25-,26+,27?,28+,30+/m0/s1. The third-order valence-corrected chi connectivity index (χ3v) is 8.17. The molecule has 0 amide bonds. The fraction of sp³-hybridized carbons (Fsp3) is 0.700. The van der Waals surface area contributed by atoms with Crippen molar-refractivity contribution in [2.75, 3.05) is 39.5 Å². The van der Waals surface area contributed by atoms with Gasteiger partial charge in [0.1, 0.15) is 6.61 Å². The Kier molecular flexibility index (Phi) is 13.4. The summed E-state index contributed by atoms with van der Waals surface area (Å²) in [7, 11) is 0. The molecule has 0 radical (unpaired) electrons. The Morgan fingerprint density at radius 2 is 2.05 bits per heavy atom. The van der Waals surface area contributed by atoms with Crippen molar-refractivity contribution < 1.29 is 24.5 Å². The lowest BCUT2D eigenvalue weighted by Crippen LogP contribution is -2.38. The summed E-state index contributed by atoms with van der Waals surface area (Å²) < 4.78 is 10.7. The number of carbonyl (C=O) groups excluding carboxylic acids is 1. The number of carbonyl (C=O) groups is 1. The number of hydrogen-bond acceptors (Lipinski definition) is 6. The van der Waals surface area contributed by atoms with Crippen LogP contribution in [0.4, 0.5) is 0 Å². The van der Waals surface area contributed by atoms with Gasteiger partial charge in [0.15, 0.2) is 0 Å². The quantitative estimate of drug-likeness (QED) is 0.136. The van der Waals surface area contributed by atoms with E-state index >= 15 is 0 Å². The number of esters is 1. The number of halogens is 1. The number of allylic oxidation sites excluding steroid dienone is 2. The third-order valence-electron chi connectivity index (χ3n) is 7.67. The number of hydrogen-bond donors (Lipinski definition) is 2. The Balaban J connectivity index is 1.41. The SMILES string of the molecule is CCCCCC(O)c1cccc([C@@H]2[C@@H](C/C=C\CCCC(=O)OCCN3CCOCC3)[C@H](Cl)C[C@H]2O)c1. The zero-order valence-electron chi connectivity index (χ0n) is 22.4. The summed E-state index contributed by atoms with van der Waals surface area (Å²) in [6.45, 7) is 6.67. The first-order valence-electron chi connectivity index (χ1n) is 14.2. The summed E-state index contributed by atoms with van der Waals surface area (Å²) in [5.41, 5.74) is 1.98. The van der Waals surface area contributed by atoms with Crippen LogP contribution < -0.4 is 0 Å². The summed E-state index contributed by atoms with van der Waals surface area (Å²) in [5.74, 6) is -0.0554. The second-order valence-corrected chi connectivity index (χ2v) is 11.0. The van der Waals surface area contributed by atoms with E-state index in [1.807, 2.05) is 18.2 Å². The highest BCUT2D eigenvalue weighted by atomic mass is 35.5. The molecular weight excluding hydrogens is 490 g/mol. The van der Waals surface area contributed by atoms with Crippen molar-refractivity contribution in [3.8, 4) is 0 Å².